The Bertz CT molecular complexity index is 458. The number of benzene rings is 1. The average molecular weight is 289 g/mol. The molecule has 1 heterocycles. The molecule has 0 aromatic heterocycles. The minimum absolute atomic E-state index is 0.356. The first kappa shape index (κ1) is 15.9. The lowest BCUT2D eigenvalue weighted by Gasteiger charge is -2.19. The Morgan fingerprint density at radius 3 is 2.52 bits per heavy atom. The second-order valence-corrected chi connectivity index (χ2v) is 6.02. The molecular weight excluding hydrogens is 262 g/mol. The number of aliphatic carboxylic acids is 1. The summed E-state index contributed by atoms with van der Waals surface area (Å²) in [5.74, 6) is -1.06. The van der Waals surface area contributed by atoms with E-state index in [1.54, 1.807) is 0 Å². The molecule has 116 valence electrons. The number of carboxylic acids is 1. The number of rotatable bonds is 9. The fourth-order valence-electron chi connectivity index (χ4n) is 3.17. The molecule has 1 atom stereocenters. The molecule has 0 fully saturated rings. The van der Waals surface area contributed by atoms with Gasteiger partial charge in [-0.25, -0.2) is 0 Å². The third-order valence-electron chi connectivity index (χ3n) is 4.39. The van der Waals surface area contributed by atoms with Crippen LogP contribution in [0.2, 0.25) is 0 Å². The highest BCUT2D eigenvalue weighted by Crippen LogP contribution is 2.36. The Labute approximate surface area is 128 Å². The second kappa shape index (κ2) is 8.06. The van der Waals surface area contributed by atoms with Crippen molar-refractivity contribution in [3.63, 3.8) is 0 Å². The fourth-order valence-corrected chi connectivity index (χ4v) is 3.17. The minimum Gasteiger partial charge on any atom is -0.481 e. The molecule has 1 aromatic carbocycles. The monoisotopic (exact) mass is 289 g/mol. The number of carboxylic acid groups (broad SMARTS) is 1. The van der Waals surface area contributed by atoms with E-state index in [1.165, 1.54) is 38.5 Å². The van der Waals surface area contributed by atoms with Gasteiger partial charge in [0.25, 0.3) is 0 Å². The van der Waals surface area contributed by atoms with E-state index in [2.05, 4.69) is 17.9 Å². The van der Waals surface area contributed by atoms with Crippen molar-refractivity contribution in [2.24, 2.45) is 0 Å². The predicted octanol–water partition coefficient (Wildman–Crippen LogP) is 4.43. The molecule has 0 saturated carbocycles. The molecule has 3 nitrogen and oxygen atoms in total. The molecule has 21 heavy (non-hydrogen) atoms. The fraction of sp³-hybridized carbons (Fsp3) is 0.611. The maximum absolute atomic E-state index is 11.4. The molecule has 3 heteroatoms. The molecule has 1 N–H and O–H groups in total. The lowest BCUT2D eigenvalue weighted by atomic mass is 10.0. The van der Waals surface area contributed by atoms with Gasteiger partial charge >= 0.3 is 5.97 Å². The van der Waals surface area contributed by atoms with Crippen LogP contribution in [0.3, 0.4) is 0 Å². The van der Waals surface area contributed by atoms with Crippen LogP contribution in [-0.2, 0) is 4.79 Å². The third kappa shape index (κ3) is 4.23. The summed E-state index contributed by atoms with van der Waals surface area (Å²) < 4.78 is 0. The Morgan fingerprint density at radius 1 is 1.14 bits per heavy atom. The number of hydrogen-bond donors (Lipinski definition) is 1. The van der Waals surface area contributed by atoms with Gasteiger partial charge < -0.3 is 10.0 Å². The summed E-state index contributed by atoms with van der Waals surface area (Å²) in [5, 5.41) is 9.34. The van der Waals surface area contributed by atoms with Crippen LogP contribution in [0.25, 0.3) is 0 Å². The van der Waals surface area contributed by atoms with Crippen molar-refractivity contribution in [1.82, 2.24) is 0 Å². The van der Waals surface area contributed by atoms with Gasteiger partial charge in [-0.2, -0.15) is 0 Å². The highest BCUT2D eigenvalue weighted by Gasteiger charge is 2.32. The lowest BCUT2D eigenvalue weighted by molar-refractivity contribution is -0.138. The number of unbranched alkanes of at least 4 members (excludes halogenated alkanes) is 6. The highest BCUT2D eigenvalue weighted by atomic mass is 16.4. The SMILES string of the molecule is CCCCCCCCCN1CC(C(=O)O)c2ccccc21. The van der Waals surface area contributed by atoms with Crippen LogP contribution >= 0.6 is 0 Å². The quantitative estimate of drug-likeness (QED) is 0.684. The molecule has 0 spiro atoms. The first-order valence-electron chi connectivity index (χ1n) is 8.30. The summed E-state index contributed by atoms with van der Waals surface area (Å²) in [6.07, 6.45) is 9.04. The first-order valence-corrected chi connectivity index (χ1v) is 8.30. The molecule has 2 rings (SSSR count). The number of hydrogen-bond acceptors (Lipinski definition) is 2. The molecule has 1 aliphatic rings. The van der Waals surface area contributed by atoms with Gasteiger partial charge in [0.1, 0.15) is 5.92 Å². The Morgan fingerprint density at radius 2 is 1.81 bits per heavy atom. The second-order valence-electron chi connectivity index (χ2n) is 6.02. The zero-order chi connectivity index (χ0) is 15.1. The van der Waals surface area contributed by atoms with Crippen LogP contribution in [-0.4, -0.2) is 24.2 Å². The summed E-state index contributed by atoms with van der Waals surface area (Å²) in [7, 11) is 0. The summed E-state index contributed by atoms with van der Waals surface area (Å²) in [6, 6.07) is 7.95. The maximum Gasteiger partial charge on any atom is 0.312 e. The molecule has 0 aliphatic carbocycles. The van der Waals surface area contributed by atoms with Crippen LogP contribution in [0.15, 0.2) is 24.3 Å². The lowest BCUT2D eigenvalue weighted by Crippen LogP contribution is -2.25. The van der Waals surface area contributed by atoms with Crippen molar-refractivity contribution in [1.29, 1.82) is 0 Å². The van der Waals surface area contributed by atoms with E-state index in [0.717, 1.165) is 24.2 Å². The van der Waals surface area contributed by atoms with E-state index in [0.29, 0.717) is 6.54 Å². The standard InChI is InChI=1S/C18H27NO2/c1-2-3-4-5-6-7-10-13-19-14-16(18(20)21)15-11-8-9-12-17(15)19/h8-9,11-12,16H,2-7,10,13-14H2,1H3,(H,20,21). The largest absolute Gasteiger partial charge is 0.481 e. The van der Waals surface area contributed by atoms with E-state index in [9.17, 15) is 9.90 Å². The predicted molar refractivity (Wildman–Crippen MR) is 87.0 cm³/mol. The van der Waals surface area contributed by atoms with Crippen molar-refractivity contribution in [2.45, 2.75) is 57.8 Å². The van der Waals surface area contributed by atoms with E-state index in [1.807, 2.05) is 18.2 Å². The number of anilines is 1. The van der Waals surface area contributed by atoms with Gasteiger partial charge in [-0.15, -0.1) is 0 Å². The van der Waals surface area contributed by atoms with Gasteiger partial charge in [-0.1, -0.05) is 63.6 Å². The highest BCUT2D eigenvalue weighted by molar-refractivity contribution is 5.82. The van der Waals surface area contributed by atoms with Gasteiger partial charge in [-0.05, 0) is 18.1 Å². The van der Waals surface area contributed by atoms with Crippen molar-refractivity contribution >= 4 is 11.7 Å². The summed E-state index contributed by atoms with van der Waals surface area (Å²) in [4.78, 5) is 13.6. The molecule has 0 bridgehead atoms. The van der Waals surface area contributed by atoms with Gasteiger partial charge in [0.2, 0.25) is 0 Å². The van der Waals surface area contributed by atoms with Gasteiger partial charge in [0.15, 0.2) is 0 Å². The molecular formula is C18H27NO2. The van der Waals surface area contributed by atoms with E-state index < -0.39 is 5.97 Å². The number of carbonyl (C=O) groups is 1. The molecule has 0 radical (unpaired) electrons. The van der Waals surface area contributed by atoms with Gasteiger partial charge in [0, 0.05) is 18.8 Å². The number of nitrogens with zero attached hydrogens (tertiary/aromatic N) is 1. The van der Waals surface area contributed by atoms with Crippen LogP contribution in [0.5, 0.6) is 0 Å². The molecule has 1 aliphatic heterocycles. The van der Waals surface area contributed by atoms with Gasteiger partial charge in [0.05, 0.1) is 0 Å². The van der Waals surface area contributed by atoms with Crippen LogP contribution < -0.4 is 4.90 Å². The minimum atomic E-state index is -0.704. The molecule has 0 saturated heterocycles. The van der Waals surface area contributed by atoms with Crippen molar-refractivity contribution in [3.05, 3.63) is 29.8 Å². The number of fused-ring (bicyclic) bond motifs is 1. The van der Waals surface area contributed by atoms with E-state index in [-0.39, 0.29) is 5.92 Å². The summed E-state index contributed by atoms with van der Waals surface area (Å²) >= 11 is 0. The van der Waals surface area contributed by atoms with Crippen LogP contribution in [0, 0.1) is 0 Å². The smallest absolute Gasteiger partial charge is 0.312 e. The third-order valence-corrected chi connectivity index (χ3v) is 4.39. The summed E-state index contributed by atoms with van der Waals surface area (Å²) in [5.41, 5.74) is 2.10. The van der Waals surface area contributed by atoms with E-state index >= 15 is 0 Å². The van der Waals surface area contributed by atoms with E-state index in [4.69, 9.17) is 0 Å². The zero-order valence-electron chi connectivity index (χ0n) is 13.1. The molecule has 1 unspecified atom stereocenters. The topological polar surface area (TPSA) is 40.5 Å². The Kier molecular flexibility index (Phi) is 6.09. The molecule has 0 amide bonds. The van der Waals surface area contributed by atoms with Crippen LogP contribution in [0.4, 0.5) is 5.69 Å². The van der Waals surface area contributed by atoms with Gasteiger partial charge in [-0.3, -0.25) is 4.79 Å². The normalized spacial score (nSPS) is 17.0. The molecule has 1 aromatic rings. The van der Waals surface area contributed by atoms with Crippen LogP contribution in [0.1, 0.15) is 63.4 Å². The van der Waals surface area contributed by atoms with Crippen molar-refractivity contribution in [3.8, 4) is 0 Å². The summed E-state index contributed by atoms with van der Waals surface area (Å²) in [6.45, 7) is 3.85. The Hall–Kier alpha value is -1.51. The zero-order valence-corrected chi connectivity index (χ0v) is 13.1. The van der Waals surface area contributed by atoms with Crippen molar-refractivity contribution in [2.75, 3.05) is 18.0 Å². The first-order chi connectivity index (χ1) is 10.2. The van der Waals surface area contributed by atoms with Crippen molar-refractivity contribution < 1.29 is 9.90 Å². The maximum atomic E-state index is 11.4. The number of para-hydroxylation sites is 1. The average Bonchev–Trinajstić information content (AvgIpc) is 2.86. The Balaban J connectivity index is 1.78.